The molecule has 0 bridgehead atoms. The highest BCUT2D eigenvalue weighted by molar-refractivity contribution is 5.67. The lowest BCUT2D eigenvalue weighted by Gasteiger charge is -2.20. The highest BCUT2D eigenvalue weighted by atomic mass is 16.6. The number of carbonyl (C=O) groups is 1. The third-order valence-corrected chi connectivity index (χ3v) is 2.42. The first-order valence-electron chi connectivity index (χ1n) is 6.98. The molecule has 0 saturated heterocycles. The first-order chi connectivity index (χ1) is 9.39. The predicted molar refractivity (Wildman–Crippen MR) is 80.6 cm³/mol. The van der Waals surface area contributed by atoms with Crippen molar-refractivity contribution in [3.8, 4) is 11.8 Å². The second-order valence-corrected chi connectivity index (χ2v) is 5.53. The van der Waals surface area contributed by atoms with Crippen LogP contribution in [0.5, 0.6) is 0 Å². The summed E-state index contributed by atoms with van der Waals surface area (Å²) in [5.41, 5.74) is -0.455. The fourth-order valence-corrected chi connectivity index (χ4v) is 1.58. The van der Waals surface area contributed by atoms with Crippen molar-refractivity contribution < 1.29 is 14.3 Å². The van der Waals surface area contributed by atoms with Crippen LogP contribution in [-0.4, -0.2) is 44.5 Å². The minimum Gasteiger partial charge on any atom is -0.444 e. The van der Waals surface area contributed by atoms with Crippen molar-refractivity contribution in [2.75, 3.05) is 26.8 Å². The summed E-state index contributed by atoms with van der Waals surface area (Å²) < 4.78 is 10.3. The van der Waals surface area contributed by atoms with Crippen LogP contribution >= 0.6 is 0 Å². The van der Waals surface area contributed by atoms with E-state index in [1.807, 2.05) is 27.7 Å². The molecule has 0 aliphatic rings. The molecule has 2 N–H and O–H groups in total. The molecule has 0 spiro atoms. The number of hydrogen-bond acceptors (Lipinski definition) is 4. The van der Waals surface area contributed by atoms with Crippen molar-refractivity contribution >= 4 is 6.09 Å². The van der Waals surface area contributed by atoms with Gasteiger partial charge in [-0.15, -0.1) is 5.92 Å². The Morgan fingerprint density at radius 3 is 2.60 bits per heavy atom. The van der Waals surface area contributed by atoms with Crippen molar-refractivity contribution in [1.82, 2.24) is 10.6 Å². The number of nitrogens with one attached hydrogen (secondary N) is 2. The topological polar surface area (TPSA) is 59.6 Å². The van der Waals surface area contributed by atoms with Crippen LogP contribution in [0.2, 0.25) is 0 Å². The Morgan fingerprint density at radius 1 is 1.35 bits per heavy atom. The number of alkyl carbamates (subject to hydrolysis) is 1. The van der Waals surface area contributed by atoms with Gasteiger partial charge in [-0.05, 0) is 40.5 Å². The van der Waals surface area contributed by atoms with Crippen LogP contribution in [0, 0.1) is 11.8 Å². The average molecular weight is 284 g/mol. The van der Waals surface area contributed by atoms with Crippen LogP contribution in [-0.2, 0) is 9.47 Å². The zero-order chi connectivity index (χ0) is 15.4. The number of carbonyl (C=O) groups excluding carboxylic acids is 1. The molecule has 116 valence electrons. The van der Waals surface area contributed by atoms with Crippen LogP contribution in [0.15, 0.2) is 0 Å². The van der Waals surface area contributed by atoms with Gasteiger partial charge in [0, 0.05) is 19.7 Å². The summed E-state index contributed by atoms with van der Waals surface area (Å²) in [4.78, 5) is 11.4. The molecule has 0 aromatic rings. The highest BCUT2D eigenvalue weighted by Gasteiger charge is 2.15. The quantitative estimate of drug-likeness (QED) is 0.528. The van der Waals surface area contributed by atoms with Crippen molar-refractivity contribution in [3.63, 3.8) is 0 Å². The number of rotatable bonds is 8. The van der Waals surface area contributed by atoms with E-state index in [1.165, 1.54) is 0 Å². The third-order valence-electron chi connectivity index (χ3n) is 2.42. The zero-order valence-electron chi connectivity index (χ0n) is 13.3. The molecule has 0 fully saturated rings. The largest absolute Gasteiger partial charge is 0.444 e. The monoisotopic (exact) mass is 284 g/mol. The van der Waals surface area contributed by atoms with Gasteiger partial charge in [0.1, 0.15) is 5.60 Å². The lowest BCUT2D eigenvalue weighted by atomic mass is 10.1. The van der Waals surface area contributed by atoms with Crippen molar-refractivity contribution in [1.29, 1.82) is 0 Å². The molecule has 0 aliphatic carbocycles. The first kappa shape index (κ1) is 18.8. The van der Waals surface area contributed by atoms with E-state index < -0.39 is 5.60 Å². The SMILES string of the molecule is CC#CCNC(CCCNC(=O)OC(C)(C)C)COC. The minimum absolute atomic E-state index is 0.251. The van der Waals surface area contributed by atoms with Gasteiger partial charge in [0.05, 0.1) is 13.2 Å². The first-order valence-corrected chi connectivity index (χ1v) is 6.98. The maximum absolute atomic E-state index is 11.4. The summed E-state index contributed by atoms with van der Waals surface area (Å²) in [6.45, 7) is 9.25. The molecule has 5 heteroatoms. The second kappa shape index (κ2) is 10.5. The second-order valence-electron chi connectivity index (χ2n) is 5.53. The Hall–Kier alpha value is -1.25. The van der Waals surface area contributed by atoms with Crippen molar-refractivity contribution in [3.05, 3.63) is 0 Å². The Kier molecular flexibility index (Phi) is 9.87. The number of ether oxygens (including phenoxy) is 2. The van der Waals surface area contributed by atoms with E-state index in [-0.39, 0.29) is 12.1 Å². The molecular weight excluding hydrogens is 256 g/mol. The van der Waals surface area contributed by atoms with Crippen LogP contribution in [0.3, 0.4) is 0 Å². The normalized spacial score (nSPS) is 12.2. The molecule has 1 amide bonds. The minimum atomic E-state index is -0.455. The van der Waals surface area contributed by atoms with E-state index in [0.29, 0.717) is 19.7 Å². The van der Waals surface area contributed by atoms with Crippen LogP contribution in [0.25, 0.3) is 0 Å². The fraction of sp³-hybridized carbons (Fsp3) is 0.800. The molecule has 0 aromatic carbocycles. The van der Waals surface area contributed by atoms with E-state index in [1.54, 1.807) is 7.11 Å². The lowest BCUT2D eigenvalue weighted by molar-refractivity contribution is 0.0526. The van der Waals surface area contributed by atoms with E-state index >= 15 is 0 Å². The fourth-order valence-electron chi connectivity index (χ4n) is 1.58. The summed E-state index contributed by atoms with van der Waals surface area (Å²) in [6.07, 6.45) is 1.40. The number of amides is 1. The van der Waals surface area contributed by atoms with E-state index in [2.05, 4.69) is 22.5 Å². The molecule has 5 nitrogen and oxygen atoms in total. The summed E-state index contributed by atoms with van der Waals surface area (Å²) in [5.74, 6) is 5.81. The highest BCUT2D eigenvalue weighted by Crippen LogP contribution is 2.06. The van der Waals surface area contributed by atoms with Gasteiger partial charge in [-0.1, -0.05) is 5.92 Å². The van der Waals surface area contributed by atoms with Gasteiger partial charge in [-0.2, -0.15) is 0 Å². The van der Waals surface area contributed by atoms with Gasteiger partial charge in [0.15, 0.2) is 0 Å². The number of methoxy groups -OCH3 is 1. The van der Waals surface area contributed by atoms with Gasteiger partial charge >= 0.3 is 6.09 Å². The van der Waals surface area contributed by atoms with E-state index in [4.69, 9.17) is 9.47 Å². The number of hydrogen-bond donors (Lipinski definition) is 2. The van der Waals surface area contributed by atoms with Gasteiger partial charge < -0.3 is 20.1 Å². The van der Waals surface area contributed by atoms with Gasteiger partial charge in [0.25, 0.3) is 0 Å². The summed E-state index contributed by atoms with van der Waals surface area (Å²) in [6, 6.07) is 0.251. The molecule has 0 radical (unpaired) electrons. The summed E-state index contributed by atoms with van der Waals surface area (Å²) >= 11 is 0. The standard InChI is InChI=1S/C15H28N2O3/c1-6-7-10-16-13(12-19-5)9-8-11-17-14(18)20-15(2,3)4/h13,16H,8-12H2,1-5H3,(H,17,18). The lowest BCUT2D eigenvalue weighted by Crippen LogP contribution is -2.36. The van der Waals surface area contributed by atoms with Crippen molar-refractivity contribution in [2.24, 2.45) is 0 Å². The molecule has 20 heavy (non-hydrogen) atoms. The summed E-state index contributed by atoms with van der Waals surface area (Å²) in [5, 5.41) is 6.05. The molecule has 0 aromatic heterocycles. The third kappa shape index (κ3) is 11.8. The predicted octanol–water partition coefficient (Wildman–Crippen LogP) is 1.92. The summed E-state index contributed by atoms with van der Waals surface area (Å²) in [7, 11) is 1.68. The smallest absolute Gasteiger partial charge is 0.407 e. The zero-order valence-corrected chi connectivity index (χ0v) is 13.3. The molecule has 1 unspecified atom stereocenters. The Bertz CT molecular complexity index is 326. The Labute approximate surface area is 122 Å². The van der Waals surface area contributed by atoms with Gasteiger partial charge in [0.2, 0.25) is 0 Å². The van der Waals surface area contributed by atoms with Crippen LogP contribution < -0.4 is 10.6 Å². The maximum Gasteiger partial charge on any atom is 0.407 e. The van der Waals surface area contributed by atoms with E-state index in [0.717, 1.165) is 12.8 Å². The molecule has 0 heterocycles. The molecular formula is C15H28N2O3. The molecule has 1 atom stereocenters. The maximum atomic E-state index is 11.4. The van der Waals surface area contributed by atoms with Crippen molar-refractivity contribution in [2.45, 2.75) is 52.2 Å². The molecule has 0 saturated carbocycles. The Morgan fingerprint density at radius 2 is 2.05 bits per heavy atom. The average Bonchev–Trinajstić information content (AvgIpc) is 2.32. The molecule has 0 rings (SSSR count). The van der Waals surface area contributed by atoms with Crippen LogP contribution in [0.4, 0.5) is 4.79 Å². The molecule has 0 aliphatic heterocycles. The van der Waals surface area contributed by atoms with Gasteiger partial charge in [-0.3, -0.25) is 0 Å². The van der Waals surface area contributed by atoms with Gasteiger partial charge in [-0.25, -0.2) is 4.79 Å². The van der Waals surface area contributed by atoms with E-state index in [9.17, 15) is 4.79 Å². The Balaban J connectivity index is 3.81. The van der Waals surface area contributed by atoms with Crippen LogP contribution in [0.1, 0.15) is 40.5 Å².